The van der Waals surface area contributed by atoms with E-state index in [1.54, 1.807) is 92.8 Å². The van der Waals surface area contributed by atoms with Crippen molar-refractivity contribution in [3.63, 3.8) is 0 Å². The Hall–Kier alpha value is -3.52. The second-order valence-corrected chi connectivity index (χ2v) is 20.1. The number of amides is 1. The maximum absolute atomic E-state index is 14.0. The summed E-state index contributed by atoms with van der Waals surface area (Å²) in [5.41, 5.74) is 2.30. The highest BCUT2D eigenvalue weighted by molar-refractivity contribution is 5.80. The first kappa shape index (κ1) is 62.8. The van der Waals surface area contributed by atoms with Gasteiger partial charge in [-0.3, -0.25) is 9.59 Å². The maximum atomic E-state index is 14.0. The summed E-state index contributed by atoms with van der Waals surface area (Å²) in [5.74, 6) is -4.80. The van der Waals surface area contributed by atoms with E-state index in [0.29, 0.717) is 0 Å². The molecule has 410 valence electrons. The van der Waals surface area contributed by atoms with Crippen LogP contribution in [0, 0.1) is 23.7 Å². The van der Waals surface area contributed by atoms with E-state index in [2.05, 4.69) is 5.32 Å². The number of allylic oxidation sites excluding steroid dienone is 12. The molecule has 1 amide bonds. The summed E-state index contributed by atoms with van der Waals surface area (Å²) in [5, 5.41) is 143. The summed E-state index contributed by atoms with van der Waals surface area (Å²) in [6, 6.07) is -1.17. The Morgan fingerprint density at radius 3 is 1.79 bits per heavy atom. The van der Waals surface area contributed by atoms with Crippen LogP contribution in [0.15, 0.2) is 85.1 Å². The van der Waals surface area contributed by atoms with Gasteiger partial charge in [-0.05, 0) is 51.9 Å². The van der Waals surface area contributed by atoms with Gasteiger partial charge in [0, 0.05) is 31.1 Å². The van der Waals surface area contributed by atoms with Crippen molar-refractivity contribution in [1.82, 2.24) is 5.32 Å². The number of aliphatic hydroxyl groups excluding tert-OH is 12. The van der Waals surface area contributed by atoms with Crippen molar-refractivity contribution in [1.29, 1.82) is 0 Å². The first-order valence-corrected chi connectivity index (χ1v) is 24.9. The van der Waals surface area contributed by atoms with Crippen LogP contribution in [0.3, 0.4) is 0 Å². The van der Waals surface area contributed by atoms with Gasteiger partial charge in [0.05, 0.1) is 105 Å². The van der Waals surface area contributed by atoms with Crippen LogP contribution >= 0.6 is 0 Å². The Balaban J connectivity index is 1.98. The zero-order valence-corrected chi connectivity index (χ0v) is 41.9. The van der Waals surface area contributed by atoms with Crippen molar-refractivity contribution < 1.29 is 90.2 Å². The van der Waals surface area contributed by atoms with Crippen LogP contribution in [0.4, 0.5) is 0 Å². The zero-order chi connectivity index (χ0) is 53.8. The van der Waals surface area contributed by atoms with Crippen LogP contribution < -0.4 is 11.1 Å². The first-order valence-electron chi connectivity index (χ1n) is 24.9. The number of nitrogens with one attached hydrogen (secondary N) is 1. The van der Waals surface area contributed by atoms with Gasteiger partial charge in [0.25, 0.3) is 0 Å². The van der Waals surface area contributed by atoms with E-state index in [4.69, 9.17) is 19.9 Å². The van der Waals surface area contributed by atoms with Gasteiger partial charge in [0.15, 0.2) is 6.29 Å². The van der Waals surface area contributed by atoms with E-state index in [-0.39, 0.29) is 38.0 Å². The molecule has 0 aromatic rings. The van der Waals surface area contributed by atoms with E-state index in [1.807, 2.05) is 13.0 Å². The van der Waals surface area contributed by atoms with Crippen molar-refractivity contribution in [2.75, 3.05) is 19.8 Å². The van der Waals surface area contributed by atoms with Gasteiger partial charge in [-0.25, -0.2) is 0 Å². The van der Waals surface area contributed by atoms with Crippen molar-refractivity contribution in [2.45, 2.75) is 182 Å². The molecule has 0 aromatic heterocycles. The molecule has 20 nitrogen and oxygen atoms in total. The molecule has 0 aromatic carbocycles. The number of rotatable bonds is 7. The molecule has 1 saturated carbocycles. The number of hydrogen-bond acceptors (Lipinski definition) is 19. The number of nitrogens with two attached hydrogens (primary N) is 1. The molecule has 0 spiro atoms. The van der Waals surface area contributed by atoms with Crippen LogP contribution in [-0.2, 0) is 23.8 Å². The van der Waals surface area contributed by atoms with Gasteiger partial charge in [-0.15, -0.1) is 0 Å². The molecule has 2 bridgehead atoms. The molecule has 3 rings (SSSR count). The van der Waals surface area contributed by atoms with Crippen molar-refractivity contribution in [2.24, 2.45) is 29.4 Å². The molecular formula is C52H84N2O18. The van der Waals surface area contributed by atoms with Crippen molar-refractivity contribution in [3.05, 3.63) is 85.1 Å². The van der Waals surface area contributed by atoms with Crippen LogP contribution in [0.1, 0.15) is 85.5 Å². The SMILES string of the molecule is C[C@@H]1[C@H](O)[C@@H](C)/C=C/C=C/C=C/C=C/C=C/C=C/C=C/C(O[C@@H]2O[C@H](C)[C@@H](O)[C@H](N)[C@H]2O)CC2C[C@](O)(C[C@@H](O)C[C@@H](O)[C@H](O)CC[C@@H](O)C[C@@H](O)CC(=O)O[C@H]1C)C[C@H](O)[C@H]2C(=O)NC(CO)(CO)CO. The van der Waals surface area contributed by atoms with Crippen LogP contribution in [0.25, 0.3) is 0 Å². The standard InChI is InChI=1S/C52H84N2O18/c1-31-17-15-13-11-9-7-5-6-8-10-12-14-16-18-39(72-50-48(67)45(53)47(66)34(4)71-50)21-35-25-52(69,27-42(63)44(35)49(68)54-51(28-55,29-56)30-57)26-38(60)23-41(62)40(61)20-19-36(58)22-37(59)24-43(64)70-33(3)32(2)46(31)65/h5-18,31-42,44-48,50,55-63,65-67,69H,19-30,53H2,1-4H3,(H,54,68)/b6-5+,9-7+,10-8+,13-11+,14-12+,17-15+,18-16+/t31-,32-,33-,34+,35?,36+,37+,38-,39?,40+,41+,42-,44-,45-,46+,47+,48+,50-,52-/m0/s1. The van der Waals surface area contributed by atoms with E-state index in [9.17, 15) is 76.0 Å². The molecule has 20 heteroatoms. The first-order chi connectivity index (χ1) is 34.0. The Labute approximate surface area is 422 Å². The number of carbonyl (C=O) groups is 2. The average molecular weight is 1030 g/mol. The van der Waals surface area contributed by atoms with Gasteiger partial charge in [0.2, 0.25) is 5.91 Å². The fourth-order valence-corrected chi connectivity index (χ4v) is 9.28. The average Bonchev–Trinajstić information content (AvgIpc) is 3.31. The zero-order valence-electron chi connectivity index (χ0n) is 41.9. The highest BCUT2D eigenvalue weighted by atomic mass is 16.7. The Bertz CT molecular complexity index is 1830. The summed E-state index contributed by atoms with van der Waals surface area (Å²) < 4.78 is 17.5. The number of carbonyl (C=O) groups excluding carboxylic acids is 2. The monoisotopic (exact) mass is 1020 g/mol. The number of fused-ring (bicyclic) bond motifs is 2. The smallest absolute Gasteiger partial charge is 0.308 e. The van der Waals surface area contributed by atoms with Crippen LogP contribution in [0.5, 0.6) is 0 Å². The maximum Gasteiger partial charge on any atom is 0.308 e. The third-order valence-corrected chi connectivity index (χ3v) is 13.9. The lowest BCUT2D eigenvalue weighted by atomic mass is 9.66. The molecule has 2 heterocycles. The minimum atomic E-state index is -1.92. The van der Waals surface area contributed by atoms with Gasteiger partial charge >= 0.3 is 5.97 Å². The number of esters is 1. The van der Waals surface area contributed by atoms with E-state index < -0.39 is 172 Å². The highest BCUT2D eigenvalue weighted by Gasteiger charge is 2.51. The van der Waals surface area contributed by atoms with Gasteiger partial charge in [-0.1, -0.05) is 98.9 Å². The summed E-state index contributed by atoms with van der Waals surface area (Å²) in [4.78, 5) is 26.7. The Morgan fingerprint density at radius 2 is 1.22 bits per heavy atom. The fourth-order valence-electron chi connectivity index (χ4n) is 9.28. The van der Waals surface area contributed by atoms with E-state index in [0.717, 1.165) is 0 Å². The number of cyclic esters (lactones) is 1. The molecule has 1 saturated heterocycles. The minimum Gasteiger partial charge on any atom is -0.462 e. The number of hydrogen-bond donors (Lipinski definition) is 15. The predicted molar refractivity (Wildman–Crippen MR) is 265 cm³/mol. The predicted octanol–water partition coefficient (Wildman–Crippen LogP) is -0.877. The lowest BCUT2D eigenvalue weighted by Gasteiger charge is -2.46. The quantitative estimate of drug-likeness (QED) is 0.138. The largest absolute Gasteiger partial charge is 0.462 e. The molecule has 2 fully saturated rings. The second-order valence-electron chi connectivity index (χ2n) is 20.1. The van der Waals surface area contributed by atoms with Gasteiger partial charge < -0.3 is 91.6 Å². The molecule has 2 unspecified atom stereocenters. The molecule has 0 radical (unpaired) electrons. The molecule has 19 atom stereocenters. The fraction of sp³-hybridized carbons (Fsp3) is 0.692. The summed E-state index contributed by atoms with van der Waals surface area (Å²) >= 11 is 0. The molecular weight excluding hydrogens is 941 g/mol. The van der Waals surface area contributed by atoms with Gasteiger partial charge in [0.1, 0.15) is 17.7 Å². The van der Waals surface area contributed by atoms with Crippen LogP contribution in [0.2, 0.25) is 0 Å². The molecule has 16 N–H and O–H groups in total. The summed E-state index contributed by atoms with van der Waals surface area (Å²) in [6.45, 7) is 4.13. The topological polar surface area (TPSA) is 363 Å². The van der Waals surface area contributed by atoms with Crippen molar-refractivity contribution in [3.8, 4) is 0 Å². The second kappa shape index (κ2) is 30.8. The number of aliphatic hydroxyl groups is 13. The molecule has 3 aliphatic rings. The number of ether oxygens (including phenoxy) is 3. The normalized spacial score (nSPS) is 42.4. The van der Waals surface area contributed by atoms with Gasteiger partial charge in [-0.2, -0.15) is 0 Å². The third kappa shape index (κ3) is 20.0. The Kier molecular flexibility index (Phi) is 26.8. The summed E-state index contributed by atoms with van der Waals surface area (Å²) in [6.07, 6.45) is 5.28. The molecule has 72 heavy (non-hydrogen) atoms. The molecule has 2 aliphatic heterocycles. The lowest BCUT2D eigenvalue weighted by molar-refractivity contribution is -0.277. The summed E-state index contributed by atoms with van der Waals surface area (Å²) in [7, 11) is 0. The van der Waals surface area contributed by atoms with E-state index >= 15 is 0 Å². The van der Waals surface area contributed by atoms with Crippen molar-refractivity contribution >= 4 is 11.9 Å². The Morgan fingerprint density at radius 1 is 0.667 bits per heavy atom. The molecule has 1 aliphatic carbocycles. The minimum absolute atomic E-state index is 0.113. The van der Waals surface area contributed by atoms with Crippen LogP contribution in [-0.4, -0.2) is 195 Å². The third-order valence-electron chi connectivity index (χ3n) is 13.9. The lowest BCUT2D eigenvalue weighted by Crippen LogP contribution is -2.62. The highest BCUT2D eigenvalue weighted by Crippen LogP contribution is 2.43. The van der Waals surface area contributed by atoms with E-state index in [1.165, 1.54) is 6.92 Å².